The van der Waals surface area contributed by atoms with Crippen molar-refractivity contribution in [3.8, 4) is 0 Å². The molecule has 11 atom stereocenters. The summed E-state index contributed by atoms with van der Waals surface area (Å²) in [4.78, 5) is 27.8. The van der Waals surface area contributed by atoms with Crippen molar-refractivity contribution in [2.24, 2.45) is 68.5 Å². The highest BCUT2D eigenvalue weighted by Gasteiger charge is 2.73. The van der Waals surface area contributed by atoms with E-state index in [9.17, 15) is 9.59 Å². The van der Waals surface area contributed by atoms with Crippen LogP contribution in [0.2, 0.25) is 0 Å². The molecule has 0 aromatic heterocycles. The molecule has 6 heteroatoms. The first-order chi connectivity index (χ1) is 31.1. The molecule has 0 spiro atoms. The lowest BCUT2D eigenvalue weighted by Gasteiger charge is -2.73. The number of benzene rings is 4. The number of carbonyl (C=O) groups is 2. The minimum absolute atomic E-state index is 0. The molecule has 0 bridgehead atoms. The Balaban J connectivity index is 0.00000592. The van der Waals surface area contributed by atoms with Gasteiger partial charge in [0.25, 0.3) is 0 Å². The van der Waals surface area contributed by atoms with Crippen LogP contribution in [0.15, 0.2) is 121 Å². The van der Waals surface area contributed by atoms with Gasteiger partial charge in [0.15, 0.2) is 0 Å². The quantitative estimate of drug-likeness (QED) is 0.0806. The van der Waals surface area contributed by atoms with Gasteiger partial charge in [-0.15, -0.1) is 0 Å². The van der Waals surface area contributed by atoms with E-state index in [2.05, 4.69) is 152 Å². The molecule has 9 rings (SSSR count). The Morgan fingerprint density at radius 2 is 1.23 bits per heavy atom. The molecule has 5 fully saturated rings. The Morgan fingerprint density at radius 1 is 0.667 bits per heavy atom. The van der Waals surface area contributed by atoms with Crippen LogP contribution >= 0.6 is 7.26 Å². The fraction of sp³-hybridized carbons (Fsp3) is 0.567. The zero-order valence-corrected chi connectivity index (χ0v) is 44.4. The molecule has 354 valence electrons. The van der Waals surface area contributed by atoms with Crippen molar-refractivity contribution in [1.82, 2.24) is 0 Å². The number of ether oxygens (including phenoxy) is 2. The number of esters is 2. The van der Waals surface area contributed by atoms with Gasteiger partial charge in [0, 0.05) is 12.3 Å². The first-order valence-corrected chi connectivity index (χ1v) is 27.5. The molecular weight excluding hydrogens is 943 g/mol. The molecule has 0 heterocycles. The molecule has 66 heavy (non-hydrogen) atoms. The third-order valence-corrected chi connectivity index (χ3v) is 24.5. The summed E-state index contributed by atoms with van der Waals surface area (Å²) >= 11 is 0. The van der Waals surface area contributed by atoms with Crippen molar-refractivity contribution >= 4 is 35.1 Å². The van der Waals surface area contributed by atoms with Gasteiger partial charge in [0.2, 0.25) is 0 Å². The van der Waals surface area contributed by atoms with E-state index in [0.29, 0.717) is 42.1 Å². The maximum atomic E-state index is 14.7. The minimum Gasteiger partial charge on any atom is -1.00 e. The first-order valence-electron chi connectivity index (χ1n) is 25.6. The molecule has 0 saturated heterocycles. The Morgan fingerprint density at radius 3 is 1.77 bits per heavy atom. The summed E-state index contributed by atoms with van der Waals surface area (Å²) in [7, 11) is -2.00. The first kappa shape index (κ1) is 49.4. The molecular formula is C60H78IO4P. The highest BCUT2D eigenvalue weighted by Crippen LogP contribution is 2.78. The summed E-state index contributed by atoms with van der Waals surface area (Å²) < 4.78 is 13.0. The SMILES string of the molecule is CC(=O)O[C@H]1[C@@H](CCC[P+](c2ccccc2)(c2ccccc2)c2ccccc2)C[C@]2(C)[C@H]3CC[C@@H]4[C@H]5[C@H](C(C)C)CC[C@]5(C(=O)OCc5ccccc5)CC[C@@]4(C)[C@]3(C)CC[C@H]2C1(C)C.[I-]. The lowest BCUT2D eigenvalue weighted by atomic mass is 9.31. The van der Waals surface area contributed by atoms with Gasteiger partial charge in [-0.1, -0.05) is 133 Å². The van der Waals surface area contributed by atoms with E-state index in [4.69, 9.17) is 9.47 Å². The van der Waals surface area contributed by atoms with Crippen LogP contribution in [0.5, 0.6) is 0 Å². The van der Waals surface area contributed by atoms with Crippen LogP contribution in [0.3, 0.4) is 0 Å². The van der Waals surface area contributed by atoms with Crippen molar-refractivity contribution in [2.45, 2.75) is 139 Å². The summed E-state index contributed by atoms with van der Waals surface area (Å²) in [5, 5.41) is 4.29. The third kappa shape index (κ3) is 8.06. The fourth-order valence-corrected chi connectivity index (χ4v) is 21.5. The maximum absolute atomic E-state index is 14.7. The number of fused-ring (bicyclic) bond motifs is 7. The van der Waals surface area contributed by atoms with Crippen LogP contribution in [0.25, 0.3) is 0 Å². The second kappa shape index (κ2) is 19.1. The summed E-state index contributed by atoms with van der Waals surface area (Å²) in [6.45, 7) is 19.8. The number of hydrogen-bond donors (Lipinski definition) is 0. The molecule has 0 amide bonds. The van der Waals surface area contributed by atoms with Gasteiger partial charge in [-0.25, -0.2) is 0 Å². The Labute approximate surface area is 415 Å². The molecule has 5 aliphatic rings. The highest BCUT2D eigenvalue weighted by atomic mass is 127. The van der Waals surface area contributed by atoms with E-state index >= 15 is 0 Å². The monoisotopic (exact) mass is 1020 g/mol. The van der Waals surface area contributed by atoms with Gasteiger partial charge in [-0.05, 0) is 170 Å². The fourth-order valence-electron chi connectivity index (χ4n) is 17.1. The number of carbonyl (C=O) groups excluding carboxylic acids is 2. The summed E-state index contributed by atoms with van der Waals surface area (Å²) in [6, 6.07) is 44.2. The number of halogens is 1. The lowest BCUT2D eigenvalue weighted by Crippen LogP contribution is -3.00. The Kier molecular flexibility index (Phi) is 14.3. The zero-order chi connectivity index (χ0) is 45.8. The van der Waals surface area contributed by atoms with Crippen LogP contribution in [0.4, 0.5) is 0 Å². The topological polar surface area (TPSA) is 52.6 Å². The van der Waals surface area contributed by atoms with Gasteiger partial charge in [0.05, 0.1) is 11.6 Å². The van der Waals surface area contributed by atoms with Crippen molar-refractivity contribution in [3.05, 3.63) is 127 Å². The second-order valence-corrected chi connectivity index (χ2v) is 27.0. The van der Waals surface area contributed by atoms with Gasteiger partial charge < -0.3 is 33.5 Å². The lowest BCUT2D eigenvalue weighted by molar-refractivity contribution is -0.261. The van der Waals surface area contributed by atoms with E-state index in [1.165, 1.54) is 35.2 Å². The zero-order valence-electron chi connectivity index (χ0n) is 41.3. The van der Waals surface area contributed by atoms with Crippen LogP contribution in [0.1, 0.15) is 132 Å². The van der Waals surface area contributed by atoms with E-state index in [1.807, 2.05) is 18.2 Å². The normalized spacial score (nSPS) is 34.4. The molecule has 4 aromatic carbocycles. The highest BCUT2D eigenvalue weighted by molar-refractivity contribution is 7.95. The molecule has 0 unspecified atom stereocenters. The summed E-state index contributed by atoms with van der Waals surface area (Å²) in [6.07, 6.45) is 13.1. The maximum Gasteiger partial charge on any atom is 0.312 e. The average Bonchev–Trinajstić information content (AvgIpc) is 3.71. The molecule has 5 aliphatic carbocycles. The van der Waals surface area contributed by atoms with E-state index in [1.54, 1.807) is 6.92 Å². The summed E-state index contributed by atoms with van der Waals surface area (Å²) in [5.74, 6) is 3.17. The van der Waals surface area contributed by atoms with E-state index in [-0.39, 0.29) is 75.0 Å². The van der Waals surface area contributed by atoms with Gasteiger partial charge in [0.1, 0.15) is 35.9 Å². The molecule has 0 N–H and O–H groups in total. The van der Waals surface area contributed by atoms with Gasteiger partial charge in [-0.2, -0.15) is 0 Å². The number of hydrogen-bond acceptors (Lipinski definition) is 4. The molecule has 4 aromatic rings. The minimum atomic E-state index is -2.00. The van der Waals surface area contributed by atoms with Gasteiger partial charge in [-0.3, -0.25) is 9.59 Å². The predicted octanol–water partition coefficient (Wildman–Crippen LogP) is 10.4. The second-order valence-electron chi connectivity index (χ2n) is 23.4. The smallest absolute Gasteiger partial charge is 0.312 e. The molecule has 5 saturated carbocycles. The van der Waals surface area contributed by atoms with Crippen molar-refractivity contribution in [3.63, 3.8) is 0 Å². The predicted molar refractivity (Wildman–Crippen MR) is 269 cm³/mol. The largest absolute Gasteiger partial charge is 1.00 e. The van der Waals surface area contributed by atoms with Crippen LogP contribution in [-0.2, 0) is 25.7 Å². The Bertz CT molecular complexity index is 2190. The molecule has 0 aliphatic heterocycles. The Hall–Kier alpha value is -3.02. The summed E-state index contributed by atoms with van der Waals surface area (Å²) in [5.41, 5.74) is 0.907. The average molecular weight is 1020 g/mol. The van der Waals surface area contributed by atoms with Crippen LogP contribution < -0.4 is 39.9 Å². The van der Waals surface area contributed by atoms with Crippen molar-refractivity contribution in [2.75, 3.05) is 6.16 Å². The van der Waals surface area contributed by atoms with Gasteiger partial charge >= 0.3 is 11.9 Å². The number of rotatable bonds is 12. The molecule has 0 radical (unpaired) electrons. The van der Waals surface area contributed by atoms with Crippen LogP contribution in [0, 0.1) is 68.5 Å². The third-order valence-electron chi connectivity index (χ3n) is 19.9. The standard InChI is InChI=1S/C60H78O4P.HI/c1-42(2)49-33-36-60(55(62)63-41-44-22-13-9-14-23-44)38-37-58(7)50(53(49)60)31-32-52-57(6)40-45(54(64-43(3)61)56(4,5)51(57)34-35-59(52,58)8)24-21-39-65(46-25-15-10-16-26-46,47-27-17-11-18-28-47)48-29-19-12-20-30-48;/h9-20,22-23,25-30,42,45,49-54H,21,24,31-41H2,1-8H3;1H/q+1;/p-1/t45-,49-,50+,51-,52+,53+,54-,57-,58+,59+,60-;/m0./s1. The van der Waals surface area contributed by atoms with Crippen molar-refractivity contribution in [1.29, 1.82) is 0 Å². The van der Waals surface area contributed by atoms with E-state index < -0.39 is 7.26 Å². The molecule has 4 nitrogen and oxygen atoms in total. The van der Waals surface area contributed by atoms with E-state index in [0.717, 1.165) is 63.1 Å². The van der Waals surface area contributed by atoms with Crippen LogP contribution in [-0.4, -0.2) is 24.2 Å². The van der Waals surface area contributed by atoms with Crippen molar-refractivity contribution < 1.29 is 43.0 Å².